The van der Waals surface area contributed by atoms with Gasteiger partial charge in [0.05, 0.1) is 11.3 Å². The van der Waals surface area contributed by atoms with Crippen LogP contribution in [0.1, 0.15) is 46.7 Å². The van der Waals surface area contributed by atoms with Gasteiger partial charge in [0.1, 0.15) is 12.4 Å². The Bertz CT molecular complexity index is 1940. The molecule has 12 nitrogen and oxygen atoms in total. The van der Waals surface area contributed by atoms with Crippen molar-refractivity contribution in [1.29, 1.82) is 0 Å². The molecule has 4 aromatic rings. The molecule has 0 bridgehead atoms. The van der Waals surface area contributed by atoms with Crippen LogP contribution in [0.2, 0.25) is 5.02 Å². The number of aromatic nitrogens is 4. The average Bonchev–Trinajstić information content (AvgIpc) is 3.69. The van der Waals surface area contributed by atoms with E-state index in [1.54, 1.807) is 29.2 Å². The van der Waals surface area contributed by atoms with Crippen LogP contribution in [-0.2, 0) is 19.1 Å². The molecule has 270 valence electrons. The van der Waals surface area contributed by atoms with Gasteiger partial charge in [-0.2, -0.15) is 17.9 Å². The number of nitrogens with zero attached hydrogens (tertiary/aromatic N) is 5. The zero-order chi connectivity index (χ0) is 36.8. The summed E-state index contributed by atoms with van der Waals surface area (Å²) in [6, 6.07) is 18.5. The quantitative estimate of drug-likeness (QED) is 0.141. The van der Waals surface area contributed by atoms with Crippen LogP contribution in [0.3, 0.4) is 0 Å². The van der Waals surface area contributed by atoms with Crippen molar-refractivity contribution in [3.8, 4) is 5.69 Å². The number of ether oxygens (including phenoxy) is 1. The molecule has 2 aliphatic rings. The lowest BCUT2D eigenvalue weighted by molar-refractivity contribution is -0.193. The molecule has 1 aromatic heterocycles. The number of amides is 2. The Morgan fingerprint density at radius 2 is 1.69 bits per heavy atom. The van der Waals surface area contributed by atoms with Gasteiger partial charge in [-0.15, -0.1) is 5.10 Å². The van der Waals surface area contributed by atoms with Crippen LogP contribution in [0.5, 0.6) is 0 Å². The average molecular weight is 736 g/mol. The number of carbonyl (C=O) groups is 4. The van der Waals surface area contributed by atoms with E-state index >= 15 is 0 Å². The van der Waals surface area contributed by atoms with Crippen LogP contribution in [0, 0.1) is 11.8 Å². The van der Waals surface area contributed by atoms with Gasteiger partial charge in [0.15, 0.2) is 0 Å². The molecule has 3 heterocycles. The number of carbonyl (C=O) groups excluding carboxylic acids is 4. The maximum atomic E-state index is 14.3. The lowest BCUT2D eigenvalue weighted by atomic mass is 9.71. The zero-order valence-electron chi connectivity index (χ0n) is 27.5. The molecule has 2 saturated heterocycles. The van der Waals surface area contributed by atoms with Crippen molar-refractivity contribution in [1.82, 2.24) is 30.4 Å². The number of hydrogen-bond acceptors (Lipinski definition) is 9. The Kier molecular flexibility index (Phi) is 11.1. The van der Waals surface area contributed by atoms with Gasteiger partial charge in [0.2, 0.25) is 11.8 Å². The van der Waals surface area contributed by atoms with Gasteiger partial charge in [-0.25, -0.2) is 9.59 Å². The van der Waals surface area contributed by atoms with E-state index in [2.05, 4.69) is 30.9 Å². The first-order valence-corrected chi connectivity index (χ1v) is 16.9. The van der Waals surface area contributed by atoms with Crippen LogP contribution in [0.15, 0.2) is 85.2 Å². The van der Waals surface area contributed by atoms with E-state index in [9.17, 15) is 32.3 Å². The summed E-state index contributed by atoms with van der Waals surface area (Å²) in [5.74, 6) is -5.01. The Hall–Kier alpha value is -5.41. The van der Waals surface area contributed by atoms with Crippen LogP contribution < -0.4 is 10.6 Å². The number of esters is 2. The fourth-order valence-electron chi connectivity index (χ4n) is 6.84. The normalized spacial score (nSPS) is 19.7. The predicted octanol–water partition coefficient (Wildman–Crippen LogP) is 5.21. The Morgan fingerprint density at radius 3 is 2.37 bits per heavy atom. The van der Waals surface area contributed by atoms with Crippen LogP contribution in [0.4, 0.5) is 18.9 Å². The summed E-state index contributed by atoms with van der Waals surface area (Å²) >= 11 is 6.31. The molecular weight excluding hydrogens is 703 g/mol. The predicted molar refractivity (Wildman–Crippen MR) is 183 cm³/mol. The summed E-state index contributed by atoms with van der Waals surface area (Å²) in [6.45, 7) is 2.04. The van der Waals surface area contributed by atoms with Gasteiger partial charge in [0.25, 0.3) is 0 Å². The van der Waals surface area contributed by atoms with E-state index in [4.69, 9.17) is 11.6 Å². The summed E-state index contributed by atoms with van der Waals surface area (Å²) in [7, 11) is 0. The summed E-state index contributed by atoms with van der Waals surface area (Å²) < 4.78 is 43.1. The van der Waals surface area contributed by atoms with E-state index < -0.39 is 41.9 Å². The molecule has 6 rings (SSSR count). The highest BCUT2D eigenvalue weighted by Gasteiger charge is 2.45. The van der Waals surface area contributed by atoms with Gasteiger partial charge in [-0.05, 0) is 109 Å². The number of anilines is 1. The number of nitrogens with one attached hydrogen (secondary N) is 2. The summed E-state index contributed by atoms with van der Waals surface area (Å²) in [5, 5.41) is 18.0. The molecular formula is C36H33ClF3N7O5. The molecule has 2 fully saturated rings. The maximum Gasteiger partial charge on any atom is 0.491 e. The number of alkyl halides is 3. The number of hydrogen-bond donors (Lipinski definition) is 2. The number of tetrazole rings is 1. The third-order valence-electron chi connectivity index (χ3n) is 9.33. The monoisotopic (exact) mass is 735 g/mol. The van der Waals surface area contributed by atoms with Crippen LogP contribution in [0.25, 0.3) is 11.8 Å². The second-order valence-electron chi connectivity index (χ2n) is 12.6. The van der Waals surface area contributed by atoms with E-state index in [1.165, 1.54) is 29.2 Å². The molecule has 2 aliphatic heterocycles. The molecule has 3 atom stereocenters. The summed E-state index contributed by atoms with van der Waals surface area (Å²) in [4.78, 5) is 53.5. The van der Waals surface area contributed by atoms with Gasteiger partial charge in [0, 0.05) is 34.8 Å². The van der Waals surface area contributed by atoms with Gasteiger partial charge >= 0.3 is 18.1 Å². The molecule has 0 aliphatic carbocycles. The summed E-state index contributed by atoms with van der Waals surface area (Å²) in [6.07, 6.45) is 1.59. The number of piperidine rings is 2. The minimum absolute atomic E-state index is 0.0985. The maximum absolute atomic E-state index is 14.3. The molecule has 16 heteroatoms. The van der Waals surface area contributed by atoms with E-state index in [0.717, 1.165) is 43.6 Å². The number of rotatable bonds is 8. The van der Waals surface area contributed by atoms with E-state index in [-0.39, 0.29) is 17.2 Å². The Labute approximate surface area is 301 Å². The number of benzene rings is 3. The van der Waals surface area contributed by atoms with Crippen molar-refractivity contribution in [2.45, 2.75) is 37.4 Å². The van der Waals surface area contributed by atoms with Gasteiger partial charge < -0.3 is 20.3 Å². The SMILES string of the molecule is O=C(OC(=O)C(F)(F)F)c1ccc(NC(=O)[C@@H]2[C@H](c3ccccc3)C[C@H](C3CCNCC3)CN2C(=O)/C=C/c2cc(Cl)ccc2-n2cnnn2)cc1. The first-order chi connectivity index (χ1) is 25.0. The zero-order valence-corrected chi connectivity index (χ0v) is 28.3. The fourth-order valence-corrected chi connectivity index (χ4v) is 7.02. The van der Waals surface area contributed by atoms with Crippen molar-refractivity contribution in [3.05, 3.63) is 107 Å². The fraction of sp³-hybridized carbons (Fsp3) is 0.306. The number of likely N-dealkylation sites (tertiary alicyclic amines) is 1. The standard InChI is InChI=1S/C36H33ClF3N7O5/c37-27-9-12-30(47-21-42-44-45-47)25(18-27)8-13-31(48)46-20-26(22-14-16-41-17-15-22)19-29(23-4-2-1-3-5-23)32(46)33(49)43-28-10-6-24(7-11-28)34(50)52-35(51)36(38,39)40/h1-13,18,21-22,26,29,32,41H,14-17,19-20H2,(H,43,49)/b13-8+/t26-,29-,32-/m0/s1. The second kappa shape index (κ2) is 15.9. The lowest BCUT2D eigenvalue weighted by Gasteiger charge is -2.46. The largest absolute Gasteiger partial charge is 0.491 e. The third-order valence-corrected chi connectivity index (χ3v) is 9.57. The number of halogens is 4. The molecule has 2 N–H and O–H groups in total. The third kappa shape index (κ3) is 8.54. The molecule has 2 amide bonds. The minimum atomic E-state index is -5.34. The molecule has 0 saturated carbocycles. The first kappa shape index (κ1) is 36.4. The van der Waals surface area contributed by atoms with Crippen molar-refractivity contribution in [2.75, 3.05) is 25.0 Å². The summed E-state index contributed by atoms with van der Waals surface area (Å²) in [5.41, 5.74) is 1.91. The topological polar surface area (TPSA) is 148 Å². The van der Waals surface area contributed by atoms with Gasteiger partial charge in [-0.1, -0.05) is 41.9 Å². The highest BCUT2D eigenvalue weighted by atomic mass is 35.5. The van der Waals surface area contributed by atoms with E-state index in [0.29, 0.717) is 35.2 Å². The molecule has 0 unspecified atom stereocenters. The smallest absolute Gasteiger partial charge is 0.383 e. The van der Waals surface area contributed by atoms with Crippen LogP contribution in [-0.4, -0.2) is 80.7 Å². The Balaban J connectivity index is 1.31. The minimum Gasteiger partial charge on any atom is -0.383 e. The van der Waals surface area contributed by atoms with Crippen LogP contribution >= 0.6 is 11.6 Å². The van der Waals surface area contributed by atoms with Crippen molar-refractivity contribution in [2.24, 2.45) is 11.8 Å². The second-order valence-corrected chi connectivity index (χ2v) is 13.0. The van der Waals surface area contributed by atoms with Gasteiger partial charge in [-0.3, -0.25) is 9.59 Å². The molecule has 3 aromatic carbocycles. The molecule has 0 spiro atoms. The highest BCUT2D eigenvalue weighted by molar-refractivity contribution is 6.30. The first-order valence-electron chi connectivity index (χ1n) is 16.5. The van der Waals surface area contributed by atoms with E-state index in [1.807, 2.05) is 30.3 Å². The molecule has 0 radical (unpaired) electrons. The lowest BCUT2D eigenvalue weighted by Crippen LogP contribution is -2.56. The highest BCUT2D eigenvalue weighted by Crippen LogP contribution is 2.41. The molecule has 52 heavy (non-hydrogen) atoms. The van der Waals surface area contributed by atoms with Crippen molar-refractivity contribution >= 4 is 47.1 Å². The van der Waals surface area contributed by atoms with Crippen molar-refractivity contribution in [3.63, 3.8) is 0 Å². The Morgan fingerprint density at radius 1 is 0.962 bits per heavy atom. The van der Waals surface area contributed by atoms with Crippen molar-refractivity contribution < 1.29 is 37.1 Å².